The normalized spacial score (nSPS) is 17.3. The molecule has 0 N–H and O–H groups in total. The lowest BCUT2D eigenvalue weighted by Gasteiger charge is -2.32. The number of likely N-dealkylation sites (tertiary alicyclic amines) is 1. The number of piperidine rings is 1. The Balaban J connectivity index is 1.28. The van der Waals surface area contributed by atoms with Crippen molar-refractivity contribution < 1.29 is 14.4 Å². The van der Waals surface area contributed by atoms with Crippen LogP contribution < -0.4 is 0 Å². The third-order valence-electron chi connectivity index (χ3n) is 5.56. The van der Waals surface area contributed by atoms with Crippen LogP contribution in [-0.2, 0) is 11.3 Å². The molecule has 146 valence electrons. The first-order valence-electron chi connectivity index (χ1n) is 9.61. The molecule has 1 aromatic heterocycles. The molecule has 3 amide bonds. The Kier molecular flexibility index (Phi) is 4.93. The van der Waals surface area contributed by atoms with E-state index in [-0.39, 0.29) is 30.7 Å². The van der Waals surface area contributed by atoms with E-state index in [1.165, 1.54) is 4.90 Å². The van der Waals surface area contributed by atoms with E-state index in [0.29, 0.717) is 30.1 Å². The minimum absolute atomic E-state index is 0.00746. The summed E-state index contributed by atoms with van der Waals surface area (Å²) < 4.78 is 1.83. The standard InChI is InChI=1S/C20H23N5O3/c1-14-2-3-16-17(12-14)20(28)25(19(16)27)10-6-18(26)23-8-4-15(5-9-23)13-24-11-7-21-22-24/h2-3,7,11-12,15H,4-6,8-10,13H2,1H3. The van der Waals surface area contributed by atoms with Crippen molar-refractivity contribution >= 4 is 17.7 Å². The van der Waals surface area contributed by atoms with Gasteiger partial charge in [-0.15, -0.1) is 5.10 Å². The Morgan fingerprint density at radius 3 is 2.61 bits per heavy atom. The number of imide groups is 1. The van der Waals surface area contributed by atoms with Crippen molar-refractivity contribution in [3.63, 3.8) is 0 Å². The molecular formula is C20H23N5O3. The molecule has 0 aliphatic carbocycles. The van der Waals surface area contributed by atoms with Gasteiger partial charge in [0.1, 0.15) is 0 Å². The highest BCUT2D eigenvalue weighted by Crippen LogP contribution is 2.24. The summed E-state index contributed by atoms with van der Waals surface area (Å²) in [5.74, 6) is -0.139. The maximum atomic E-state index is 12.6. The molecule has 0 saturated carbocycles. The molecule has 1 saturated heterocycles. The van der Waals surface area contributed by atoms with Gasteiger partial charge in [-0.2, -0.15) is 0 Å². The van der Waals surface area contributed by atoms with Crippen molar-refractivity contribution in [3.05, 3.63) is 47.3 Å². The number of hydrogen-bond acceptors (Lipinski definition) is 5. The molecule has 2 aromatic rings. The number of carbonyl (C=O) groups excluding carboxylic acids is 3. The number of benzene rings is 1. The molecule has 2 aliphatic heterocycles. The van der Waals surface area contributed by atoms with E-state index in [9.17, 15) is 14.4 Å². The molecule has 8 nitrogen and oxygen atoms in total. The molecule has 3 heterocycles. The van der Waals surface area contributed by atoms with Gasteiger partial charge >= 0.3 is 0 Å². The Bertz CT molecular complexity index is 901. The monoisotopic (exact) mass is 381 g/mol. The summed E-state index contributed by atoms with van der Waals surface area (Å²) >= 11 is 0. The van der Waals surface area contributed by atoms with Crippen LogP contribution in [0.1, 0.15) is 45.5 Å². The summed E-state index contributed by atoms with van der Waals surface area (Å²) in [5.41, 5.74) is 1.80. The van der Waals surface area contributed by atoms with Crippen molar-refractivity contribution in [1.29, 1.82) is 0 Å². The molecular weight excluding hydrogens is 358 g/mol. The minimum Gasteiger partial charge on any atom is -0.343 e. The SMILES string of the molecule is Cc1ccc2c(c1)C(=O)N(CCC(=O)N1CCC(Cn3ccnn3)CC1)C2=O. The van der Waals surface area contributed by atoms with E-state index in [1.54, 1.807) is 18.3 Å². The molecule has 4 rings (SSSR count). The topological polar surface area (TPSA) is 88.4 Å². The lowest BCUT2D eigenvalue weighted by Crippen LogP contribution is -2.41. The second-order valence-electron chi connectivity index (χ2n) is 7.51. The van der Waals surface area contributed by atoms with Crippen molar-refractivity contribution in [1.82, 2.24) is 24.8 Å². The van der Waals surface area contributed by atoms with Gasteiger partial charge in [0.25, 0.3) is 11.8 Å². The van der Waals surface area contributed by atoms with Crippen molar-refractivity contribution in [2.75, 3.05) is 19.6 Å². The molecule has 28 heavy (non-hydrogen) atoms. The van der Waals surface area contributed by atoms with E-state index in [2.05, 4.69) is 10.3 Å². The third kappa shape index (κ3) is 3.54. The predicted molar refractivity (Wildman–Crippen MR) is 100 cm³/mol. The summed E-state index contributed by atoms with van der Waals surface area (Å²) in [6.07, 6.45) is 5.51. The third-order valence-corrected chi connectivity index (χ3v) is 5.56. The Morgan fingerprint density at radius 1 is 1.14 bits per heavy atom. The smallest absolute Gasteiger partial charge is 0.261 e. The molecule has 2 aliphatic rings. The molecule has 1 fully saturated rings. The quantitative estimate of drug-likeness (QED) is 0.733. The first kappa shape index (κ1) is 18.3. The second kappa shape index (κ2) is 7.53. The van der Waals surface area contributed by atoms with Crippen LogP contribution in [0.2, 0.25) is 0 Å². The molecule has 0 atom stereocenters. The van der Waals surface area contributed by atoms with Crippen LogP contribution in [0.5, 0.6) is 0 Å². The van der Waals surface area contributed by atoms with Gasteiger partial charge in [0.2, 0.25) is 5.91 Å². The summed E-state index contributed by atoms with van der Waals surface area (Å²) in [6, 6.07) is 5.24. The number of amides is 3. The summed E-state index contributed by atoms with van der Waals surface area (Å²) in [6.45, 7) is 4.22. The maximum Gasteiger partial charge on any atom is 0.261 e. The summed E-state index contributed by atoms with van der Waals surface area (Å²) in [4.78, 5) is 40.6. The van der Waals surface area contributed by atoms with Gasteiger partial charge in [0, 0.05) is 38.8 Å². The highest BCUT2D eigenvalue weighted by Gasteiger charge is 2.35. The molecule has 0 unspecified atom stereocenters. The minimum atomic E-state index is -0.306. The van der Waals surface area contributed by atoms with Gasteiger partial charge in [-0.1, -0.05) is 16.8 Å². The van der Waals surface area contributed by atoms with E-state index < -0.39 is 0 Å². The second-order valence-corrected chi connectivity index (χ2v) is 7.51. The fraction of sp³-hybridized carbons (Fsp3) is 0.450. The molecule has 0 bridgehead atoms. The first-order valence-corrected chi connectivity index (χ1v) is 9.61. The Labute approximate surface area is 163 Å². The molecule has 1 aromatic carbocycles. The zero-order valence-corrected chi connectivity index (χ0v) is 15.9. The average molecular weight is 381 g/mol. The summed E-state index contributed by atoms with van der Waals surface area (Å²) in [7, 11) is 0. The van der Waals surface area contributed by atoms with Crippen LogP contribution in [0.25, 0.3) is 0 Å². The van der Waals surface area contributed by atoms with E-state index >= 15 is 0 Å². The van der Waals surface area contributed by atoms with Gasteiger partial charge in [-0.05, 0) is 37.8 Å². The number of carbonyl (C=O) groups is 3. The molecule has 0 radical (unpaired) electrons. The highest BCUT2D eigenvalue weighted by molar-refractivity contribution is 6.21. The number of nitrogens with zero attached hydrogens (tertiary/aromatic N) is 5. The zero-order valence-electron chi connectivity index (χ0n) is 15.9. The lowest BCUT2D eigenvalue weighted by molar-refractivity contribution is -0.132. The zero-order chi connectivity index (χ0) is 19.7. The van der Waals surface area contributed by atoms with Crippen LogP contribution >= 0.6 is 0 Å². The fourth-order valence-electron chi connectivity index (χ4n) is 3.93. The number of rotatable bonds is 5. The highest BCUT2D eigenvalue weighted by atomic mass is 16.2. The molecule has 8 heteroatoms. The van der Waals surface area contributed by atoms with Gasteiger partial charge in [-0.3, -0.25) is 24.0 Å². The van der Waals surface area contributed by atoms with Gasteiger partial charge in [0.15, 0.2) is 0 Å². The van der Waals surface area contributed by atoms with Crippen LogP contribution in [0.4, 0.5) is 0 Å². The predicted octanol–water partition coefficient (Wildman–Crippen LogP) is 1.51. The average Bonchev–Trinajstić information content (AvgIpc) is 3.28. The van der Waals surface area contributed by atoms with Gasteiger partial charge in [-0.25, -0.2) is 0 Å². The number of aromatic nitrogens is 3. The largest absolute Gasteiger partial charge is 0.343 e. The lowest BCUT2D eigenvalue weighted by atomic mass is 9.96. The van der Waals surface area contributed by atoms with E-state index in [4.69, 9.17) is 0 Å². The van der Waals surface area contributed by atoms with Crippen LogP contribution in [0.3, 0.4) is 0 Å². The summed E-state index contributed by atoms with van der Waals surface area (Å²) in [5, 5.41) is 7.81. The van der Waals surface area contributed by atoms with Gasteiger partial charge < -0.3 is 4.90 Å². The molecule has 0 spiro atoms. The Morgan fingerprint density at radius 2 is 1.89 bits per heavy atom. The van der Waals surface area contributed by atoms with E-state index in [0.717, 1.165) is 24.9 Å². The van der Waals surface area contributed by atoms with Crippen LogP contribution in [0, 0.1) is 12.8 Å². The number of hydrogen-bond donors (Lipinski definition) is 0. The van der Waals surface area contributed by atoms with Crippen LogP contribution in [-0.4, -0.2) is 62.1 Å². The van der Waals surface area contributed by atoms with Gasteiger partial charge in [0.05, 0.1) is 17.3 Å². The Hall–Kier alpha value is -3.03. The maximum absolute atomic E-state index is 12.6. The van der Waals surface area contributed by atoms with E-state index in [1.807, 2.05) is 28.8 Å². The van der Waals surface area contributed by atoms with Crippen molar-refractivity contribution in [3.8, 4) is 0 Å². The van der Waals surface area contributed by atoms with Crippen molar-refractivity contribution in [2.24, 2.45) is 5.92 Å². The number of aryl methyl sites for hydroxylation is 1. The number of fused-ring (bicyclic) bond motifs is 1. The first-order chi connectivity index (χ1) is 13.5. The van der Waals surface area contributed by atoms with Crippen LogP contribution in [0.15, 0.2) is 30.6 Å². The fourth-order valence-corrected chi connectivity index (χ4v) is 3.93. The van der Waals surface area contributed by atoms with Crippen molar-refractivity contribution in [2.45, 2.75) is 32.7 Å².